The van der Waals surface area contributed by atoms with E-state index in [2.05, 4.69) is 11.3 Å². The van der Waals surface area contributed by atoms with E-state index in [-0.39, 0.29) is 6.61 Å². The molecule has 0 aliphatic rings. The molecule has 2 nitrogen and oxygen atoms in total. The highest BCUT2D eigenvalue weighted by molar-refractivity contribution is 5.75. The third kappa shape index (κ3) is 6.19. The minimum absolute atomic E-state index is 0.217. The zero-order valence-corrected chi connectivity index (χ0v) is 7.28. The van der Waals surface area contributed by atoms with Crippen molar-refractivity contribution >= 4 is 5.97 Å². The van der Waals surface area contributed by atoms with Crippen LogP contribution in [0.5, 0.6) is 0 Å². The number of halogens is 3. The second-order valence-corrected chi connectivity index (χ2v) is 2.69. The van der Waals surface area contributed by atoms with Crippen molar-refractivity contribution in [2.24, 2.45) is 0 Å². The summed E-state index contributed by atoms with van der Waals surface area (Å²) in [5, 5.41) is 0. The Hall–Kier alpha value is -1.00. The first-order chi connectivity index (χ1) is 5.84. The molecule has 0 aromatic heterocycles. The van der Waals surface area contributed by atoms with Gasteiger partial charge in [-0.1, -0.05) is 5.57 Å². The number of rotatable bonds is 4. The van der Waals surface area contributed by atoms with Gasteiger partial charge in [0.1, 0.15) is 0 Å². The van der Waals surface area contributed by atoms with Crippen LogP contribution in [-0.2, 0) is 9.53 Å². The van der Waals surface area contributed by atoms with Crippen molar-refractivity contribution in [1.82, 2.24) is 0 Å². The Morgan fingerprint density at radius 3 is 2.38 bits per heavy atom. The van der Waals surface area contributed by atoms with Gasteiger partial charge in [-0.3, -0.25) is 0 Å². The fourth-order valence-electron chi connectivity index (χ4n) is 0.621. The minimum atomic E-state index is -4.89. The normalized spacial score (nSPS) is 11.1. The van der Waals surface area contributed by atoms with Gasteiger partial charge >= 0.3 is 12.1 Å². The molecule has 0 amide bonds. The van der Waals surface area contributed by atoms with Gasteiger partial charge in [0.2, 0.25) is 0 Å². The lowest BCUT2D eigenvalue weighted by Crippen LogP contribution is -2.25. The van der Waals surface area contributed by atoms with E-state index >= 15 is 0 Å². The number of hydrogen-bond donors (Lipinski definition) is 0. The standard InChI is InChI=1S/C8H11F3O2/c1-6(2)4-3-5-13-7(12)8(9,10)11/h1,3-5H2,2H3. The fourth-order valence-corrected chi connectivity index (χ4v) is 0.621. The Labute approximate surface area is 74.4 Å². The van der Waals surface area contributed by atoms with Crippen LogP contribution in [0.25, 0.3) is 0 Å². The summed E-state index contributed by atoms with van der Waals surface area (Å²) >= 11 is 0. The number of carbonyl (C=O) groups is 1. The average Bonchev–Trinajstić information content (AvgIpc) is 1.95. The maximum atomic E-state index is 11.5. The summed E-state index contributed by atoms with van der Waals surface area (Å²) in [7, 11) is 0. The van der Waals surface area contributed by atoms with Crippen LogP contribution < -0.4 is 0 Å². The summed E-state index contributed by atoms with van der Waals surface area (Å²) < 4.78 is 38.6. The molecule has 0 fully saturated rings. The maximum Gasteiger partial charge on any atom is 0.490 e. The molecular weight excluding hydrogens is 185 g/mol. The number of allylic oxidation sites excluding steroid dienone is 1. The lowest BCUT2D eigenvalue weighted by atomic mass is 10.2. The molecule has 0 radical (unpaired) electrons. The second-order valence-electron chi connectivity index (χ2n) is 2.69. The van der Waals surface area contributed by atoms with Gasteiger partial charge in [-0.05, 0) is 19.8 Å². The molecule has 13 heavy (non-hydrogen) atoms. The first-order valence-electron chi connectivity index (χ1n) is 3.72. The van der Waals surface area contributed by atoms with Crippen LogP contribution in [0.4, 0.5) is 13.2 Å². The first-order valence-corrected chi connectivity index (χ1v) is 3.72. The molecule has 0 saturated heterocycles. The largest absolute Gasteiger partial charge is 0.490 e. The predicted molar refractivity (Wildman–Crippen MR) is 41.1 cm³/mol. The molecule has 5 heteroatoms. The van der Waals surface area contributed by atoms with Crippen LogP contribution in [0, 0.1) is 0 Å². The molecule has 0 aromatic rings. The summed E-state index contributed by atoms with van der Waals surface area (Å²) in [6.07, 6.45) is -3.95. The van der Waals surface area contributed by atoms with Gasteiger partial charge in [-0.2, -0.15) is 13.2 Å². The highest BCUT2D eigenvalue weighted by Crippen LogP contribution is 2.16. The summed E-state index contributed by atoms with van der Waals surface area (Å²) in [5.41, 5.74) is 0.850. The van der Waals surface area contributed by atoms with Gasteiger partial charge < -0.3 is 4.74 Å². The van der Waals surface area contributed by atoms with Crippen molar-refractivity contribution in [2.75, 3.05) is 6.61 Å². The van der Waals surface area contributed by atoms with E-state index < -0.39 is 12.1 Å². The van der Waals surface area contributed by atoms with Crippen molar-refractivity contribution in [3.05, 3.63) is 12.2 Å². The quantitative estimate of drug-likeness (QED) is 0.392. The van der Waals surface area contributed by atoms with E-state index in [1.54, 1.807) is 6.92 Å². The molecule has 0 atom stereocenters. The minimum Gasteiger partial charge on any atom is -0.459 e. The SMILES string of the molecule is C=C(C)CCCOC(=O)C(F)(F)F. The highest BCUT2D eigenvalue weighted by Gasteiger charge is 2.40. The van der Waals surface area contributed by atoms with Crippen molar-refractivity contribution < 1.29 is 22.7 Å². The molecule has 0 N–H and O–H groups in total. The van der Waals surface area contributed by atoms with Crippen molar-refractivity contribution in [1.29, 1.82) is 0 Å². The van der Waals surface area contributed by atoms with Crippen LogP contribution >= 0.6 is 0 Å². The third-order valence-electron chi connectivity index (χ3n) is 1.21. The highest BCUT2D eigenvalue weighted by atomic mass is 19.4. The molecule has 0 unspecified atom stereocenters. The summed E-state index contributed by atoms with van der Waals surface area (Å²) in [5.74, 6) is -2.13. The van der Waals surface area contributed by atoms with Crippen LogP contribution in [0.3, 0.4) is 0 Å². The van der Waals surface area contributed by atoms with Crippen molar-refractivity contribution in [3.8, 4) is 0 Å². The number of esters is 1. The molecule has 0 rings (SSSR count). The maximum absolute atomic E-state index is 11.5. The van der Waals surface area contributed by atoms with Gasteiger partial charge in [0.05, 0.1) is 6.61 Å². The molecule has 0 aliphatic carbocycles. The zero-order chi connectivity index (χ0) is 10.5. The molecule has 0 heterocycles. The monoisotopic (exact) mass is 196 g/mol. The summed E-state index contributed by atoms with van der Waals surface area (Å²) in [6, 6.07) is 0. The van der Waals surface area contributed by atoms with E-state index in [1.165, 1.54) is 0 Å². The van der Waals surface area contributed by atoms with E-state index in [0.717, 1.165) is 5.57 Å². The van der Waals surface area contributed by atoms with E-state index in [4.69, 9.17) is 0 Å². The van der Waals surface area contributed by atoms with Gasteiger partial charge in [0, 0.05) is 0 Å². The van der Waals surface area contributed by atoms with Gasteiger partial charge in [-0.15, -0.1) is 6.58 Å². The van der Waals surface area contributed by atoms with E-state index in [0.29, 0.717) is 12.8 Å². The lowest BCUT2D eigenvalue weighted by Gasteiger charge is -2.06. The van der Waals surface area contributed by atoms with Crippen LogP contribution in [0.15, 0.2) is 12.2 Å². The topological polar surface area (TPSA) is 26.3 Å². The Kier molecular flexibility index (Phi) is 4.51. The number of ether oxygens (including phenoxy) is 1. The Morgan fingerprint density at radius 2 is 2.00 bits per heavy atom. The smallest absolute Gasteiger partial charge is 0.459 e. The molecular formula is C8H11F3O2. The molecule has 0 saturated carbocycles. The van der Waals surface area contributed by atoms with Crippen LogP contribution in [-0.4, -0.2) is 18.8 Å². The number of hydrogen-bond acceptors (Lipinski definition) is 2. The summed E-state index contributed by atoms with van der Waals surface area (Å²) in [6.45, 7) is 5.10. The van der Waals surface area contributed by atoms with Crippen molar-refractivity contribution in [2.45, 2.75) is 25.9 Å². The Bertz CT molecular complexity index is 196. The number of alkyl halides is 3. The summed E-state index contributed by atoms with van der Waals surface area (Å²) in [4.78, 5) is 10.1. The van der Waals surface area contributed by atoms with Gasteiger partial charge in [0.25, 0.3) is 0 Å². The fraction of sp³-hybridized carbons (Fsp3) is 0.625. The Morgan fingerprint density at radius 1 is 1.46 bits per heavy atom. The Balaban J connectivity index is 3.55. The molecule has 0 aromatic carbocycles. The lowest BCUT2D eigenvalue weighted by molar-refractivity contribution is -0.199. The second kappa shape index (κ2) is 4.89. The van der Waals surface area contributed by atoms with E-state index in [1.807, 2.05) is 0 Å². The van der Waals surface area contributed by atoms with Gasteiger partial charge in [-0.25, -0.2) is 4.79 Å². The van der Waals surface area contributed by atoms with Crippen LogP contribution in [0.2, 0.25) is 0 Å². The molecule has 0 spiro atoms. The predicted octanol–water partition coefficient (Wildman–Crippen LogP) is 2.45. The number of carbonyl (C=O) groups excluding carboxylic acids is 1. The van der Waals surface area contributed by atoms with E-state index in [9.17, 15) is 18.0 Å². The average molecular weight is 196 g/mol. The third-order valence-corrected chi connectivity index (χ3v) is 1.21. The van der Waals surface area contributed by atoms with Crippen LogP contribution in [0.1, 0.15) is 19.8 Å². The van der Waals surface area contributed by atoms with Crippen molar-refractivity contribution in [3.63, 3.8) is 0 Å². The van der Waals surface area contributed by atoms with Gasteiger partial charge in [0.15, 0.2) is 0 Å². The molecule has 0 aliphatic heterocycles. The molecule has 0 bridgehead atoms. The molecule has 76 valence electrons. The first kappa shape index (κ1) is 12.0. The zero-order valence-electron chi connectivity index (χ0n) is 7.28.